The van der Waals surface area contributed by atoms with Gasteiger partial charge in [-0.2, -0.15) is 0 Å². The molecular weight excluding hydrogens is 419 g/mol. The van der Waals surface area contributed by atoms with Gasteiger partial charge < -0.3 is 5.32 Å². The van der Waals surface area contributed by atoms with Gasteiger partial charge in [0.15, 0.2) is 0 Å². The Morgan fingerprint density at radius 2 is 1.61 bits per heavy atom. The van der Waals surface area contributed by atoms with Crippen LogP contribution in [0.25, 0.3) is 0 Å². The van der Waals surface area contributed by atoms with Crippen molar-refractivity contribution in [1.82, 2.24) is 5.32 Å². The molecule has 0 aliphatic heterocycles. The summed E-state index contributed by atoms with van der Waals surface area (Å²) in [6.07, 6.45) is 0. The molecule has 3 aromatic rings. The fourth-order valence-corrected chi connectivity index (χ4v) is 3.93. The van der Waals surface area contributed by atoms with Crippen molar-refractivity contribution in [3.63, 3.8) is 0 Å². The maximum Gasteiger partial charge on any atom is 0.261 e. The molecule has 0 unspecified atom stereocenters. The summed E-state index contributed by atoms with van der Waals surface area (Å²) in [7, 11) is -3.89. The number of nitrogens with one attached hydrogen (secondary N) is 2. The fraction of sp³-hybridized carbons (Fsp3) is 0.0500. The summed E-state index contributed by atoms with van der Waals surface area (Å²) in [6.45, 7) is 0.296. The predicted molar refractivity (Wildman–Crippen MR) is 111 cm³/mol. The third-order valence-electron chi connectivity index (χ3n) is 3.89. The second kappa shape index (κ2) is 8.65. The monoisotopic (exact) mass is 434 g/mol. The van der Waals surface area contributed by atoms with E-state index in [2.05, 4.69) is 10.0 Å². The maximum atomic E-state index is 12.6. The molecule has 0 aliphatic carbocycles. The Morgan fingerprint density at radius 1 is 0.893 bits per heavy atom. The molecule has 5 nitrogen and oxygen atoms in total. The molecular formula is C20H16Cl2N2O3S. The lowest BCUT2D eigenvalue weighted by molar-refractivity contribution is 0.0950. The summed E-state index contributed by atoms with van der Waals surface area (Å²) in [6, 6.07) is 19.4. The van der Waals surface area contributed by atoms with Crippen molar-refractivity contribution in [2.24, 2.45) is 0 Å². The summed E-state index contributed by atoms with van der Waals surface area (Å²) >= 11 is 11.8. The average molecular weight is 435 g/mol. The molecule has 0 saturated carbocycles. The minimum Gasteiger partial charge on any atom is -0.348 e. The number of halogens is 2. The van der Waals surface area contributed by atoms with Crippen molar-refractivity contribution in [2.75, 3.05) is 4.72 Å². The second-order valence-corrected chi connectivity index (χ2v) is 8.45. The van der Waals surface area contributed by atoms with Gasteiger partial charge >= 0.3 is 0 Å². The molecule has 3 rings (SSSR count). The van der Waals surface area contributed by atoms with Crippen molar-refractivity contribution < 1.29 is 13.2 Å². The first-order valence-electron chi connectivity index (χ1n) is 8.25. The van der Waals surface area contributed by atoms with Crippen LogP contribution >= 0.6 is 23.2 Å². The molecule has 0 atom stereocenters. The zero-order valence-corrected chi connectivity index (χ0v) is 16.9. The fourth-order valence-electron chi connectivity index (χ4n) is 2.44. The van der Waals surface area contributed by atoms with Crippen LogP contribution < -0.4 is 10.0 Å². The quantitative estimate of drug-likeness (QED) is 0.588. The van der Waals surface area contributed by atoms with E-state index in [1.54, 1.807) is 54.6 Å². The number of rotatable bonds is 6. The number of amides is 1. The molecule has 0 spiro atoms. The summed E-state index contributed by atoms with van der Waals surface area (Å²) in [5, 5.41) is 3.64. The van der Waals surface area contributed by atoms with Gasteiger partial charge in [-0.1, -0.05) is 53.5 Å². The summed E-state index contributed by atoms with van der Waals surface area (Å²) < 4.78 is 27.7. The number of benzene rings is 3. The Kier molecular flexibility index (Phi) is 6.24. The highest BCUT2D eigenvalue weighted by Crippen LogP contribution is 2.24. The Bertz CT molecular complexity index is 1100. The minimum absolute atomic E-state index is 0.0356. The number of sulfonamides is 1. The van der Waals surface area contributed by atoms with Crippen LogP contribution in [0.15, 0.2) is 77.7 Å². The largest absolute Gasteiger partial charge is 0.348 e. The van der Waals surface area contributed by atoms with Crippen molar-refractivity contribution in [2.45, 2.75) is 11.4 Å². The minimum atomic E-state index is -3.89. The summed E-state index contributed by atoms with van der Waals surface area (Å²) in [5.41, 5.74) is 1.37. The lowest BCUT2D eigenvalue weighted by Crippen LogP contribution is -2.23. The topological polar surface area (TPSA) is 75.3 Å². The van der Waals surface area contributed by atoms with Crippen molar-refractivity contribution in [3.8, 4) is 0 Å². The van der Waals surface area contributed by atoms with Gasteiger partial charge in [0.25, 0.3) is 15.9 Å². The molecule has 8 heteroatoms. The SMILES string of the molecule is O=C(NCc1ccc(Cl)cc1)c1cccc(S(=O)(=O)Nc2ccccc2Cl)c1. The van der Waals surface area contributed by atoms with Crippen LogP contribution in [0, 0.1) is 0 Å². The number of anilines is 1. The van der Waals surface area contributed by atoms with Crippen LogP contribution in [0.5, 0.6) is 0 Å². The molecule has 0 bridgehead atoms. The molecule has 2 N–H and O–H groups in total. The first-order chi connectivity index (χ1) is 13.3. The highest BCUT2D eigenvalue weighted by atomic mass is 35.5. The Morgan fingerprint density at radius 3 is 2.32 bits per heavy atom. The normalized spacial score (nSPS) is 11.1. The molecule has 144 valence electrons. The number of hydrogen-bond acceptors (Lipinski definition) is 3. The zero-order valence-electron chi connectivity index (χ0n) is 14.5. The average Bonchev–Trinajstić information content (AvgIpc) is 2.69. The lowest BCUT2D eigenvalue weighted by Gasteiger charge is -2.11. The molecule has 0 heterocycles. The van der Waals surface area contributed by atoms with Crippen LogP contribution in [0.2, 0.25) is 10.0 Å². The van der Waals surface area contributed by atoms with E-state index in [4.69, 9.17) is 23.2 Å². The molecule has 0 fully saturated rings. The molecule has 3 aromatic carbocycles. The van der Waals surface area contributed by atoms with E-state index in [1.165, 1.54) is 18.2 Å². The zero-order chi connectivity index (χ0) is 20.1. The van der Waals surface area contributed by atoms with E-state index in [1.807, 2.05) is 0 Å². The molecule has 0 aliphatic rings. The summed E-state index contributed by atoms with van der Waals surface area (Å²) in [4.78, 5) is 12.4. The van der Waals surface area contributed by atoms with E-state index in [0.717, 1.165) is 5.56 Å². The van der Waals surface area contributed by atoms with E-state index >= 15 is 0 Å². The third-order valence-corrected chi connectivity index (χ3v) is 5.84. The van der Waals surface area contributed by atoms with Crippen LogP contribution in [0.1, 0.15) is 15.9 Å². The smallest absolute Gasteiger partial charge is 0.261 e. The molecule has 0 aromatic heterocycles. The molecule has 0 radical (unpaired) electrons. The summed E-state index contributed by atoms with van der Waals surface area (Å²) in [5.74, 6) is -0.384. The van der Waals surface area contributed by atoms with Crippen LogP contribution in [-0.4, -0.2) is 14.3 Å². The predicted octanol–water partition coefficient (Wildman–Crippen LogP) is 4.72. The van der Waals surface area contributed by atoms with Crippen molar-refractivity contribution >= 4 is 44.8 Å². The van der Waals surface area contributed by atoms with E-state index < -0.39 is 10.0 Å². The van der Waals surface area contributed by atoms with Crippen LogP contribution in [-0.2, 0) is 16.6 Å². The van der Waals surface area contributed by atoms with Gasteiger partial charge in [-0.05, 0) is 48.0 Å². The van der Waals surface area contributed by atoms with Crippen LogP contribution in [0.4, 0.5) is 5.69 Å². The Labute approximate surface area is 173 Å². The molecule has 28 heavy (non-hydrogen) atoms. The van der Waals surface area contributed by atoms with E-state index in [0.29, 0.717) is 11.6 Å². The first-order valence-corrected chi connectivity index (χ1v) is 10.5. The number of carbonyl (C=O) groups excluding carboxylic acids is 1. The van der Waals surface area contributed by atoms with Gasteiger partial charge in [0.2, 0.25) is 0 Å². The van der Waals surface area contributed by atoms with Gasteiger partial charge in [-0.25, -0.2) is 8.42 Å². The van der Waals surface area contributed by atoms with Gasteiger partial charge in [-0.3, -0.25) is 9.52 Å². The first kappa shape index (κ1) is 20.2. The second-order valence-electron chi connectivity index (χ2n) is 5.92. The third kappa shape index (κ3) is 5.04. The Balaban J connectivity index is 1.74. The van der Waals surface area contributed by atoms with Gasteiger partial charge in [-0.15, -0.1) is 0 Å². The maximum absolute atomic E-state index is 12.6. The van der Waals surface area contributed by atoms with Crippen molar-refractivity contribution in [3.05, 3.63) is 94.0 Å². The van der Waals surface area contributed by atoms with E-state index in [-0.39, 0.29) is 27.1 Å². The Hall–Kier alpha value is -2.54. The van der Waals surface area contributed by atoms with Gasteiger partial charge in [0, 0.05) is 17.1 Å². The van der Waals surface area contributed by atoms with Crippen LogP contribution in [0.3, 0.4) is 0 Å². The molecule has 0 saturated heterocycles. The van der Waals surface area contributed by atoms with Gasteiger partial charge in [0.05, 0.1) is 15.6 Å². The molecule has 1 amide bonds. The number of para-hydroxylation sites is 1. The standard InChI is InChI=1S/C20H16Cl2N2O3S/c21-16-10-8-14(9-11-16)13-23-20(25)15-4-3-5-17(12-15)28(26,27)24-19-7-2-1-6-18(19)22/h1-12,24H,13H2,(H,23,25). The lowest BCUT2D eigenvalue weighted by atomic mass is 10.2. The van der Waals surface area contributed by atoms with Gasteiger partial charge in [0.1, 0.15) is 0 Å². The number of carbonyl (C=O) groups is 1. The highest BCUT2D eigenvalue weighted by Gasteiger charge is 2.17. The highest BCUT2D eigenvalue weighted by molar-refractivity contribution is 7.92. The van der Waals surface area contributed by atoms with E-state index in [9.17, 15) is 13.2 Å². The van der Waals surface area contributed by atoms with Crippen molar-refractivity contribution in [1.29, 1.82) is 0 Å². The number of hydrogen-bond donors (Lipinski definition) is 2.